The number of benzene rings is 1. The first kappa shape index (κ1) is 13.9. The molecule has 2 amide bonds. The van der Waals surface area contributed by atoms with Crippen LogP contribution in [-0.2, 0) is 25.8 Å². The van der Waals surface area contributed by atoms with E-state index in [9.17, 15) is 14.4 Å². The lowest BCUT2D eigenvalue weighted by atomic mass is 10.2. The number of carbonyl (C=O) groups is 3. The third-order valence-electron chi connectivity index (χ3n) is 2.69. The first-order chi connectivity index (χ1) is 9.60. The molecule has 106 valence electrons. The number of imide groups is 1. The number of ether oxygens (including phenoxy) is 2. The number of nitrogens with zero attached hydrogens (tertiary/aromatic N) is 1. The van der Waals surface area contributed by atoms with E-state index in [2.05, 4.69) is 4.84 Å². The van der Waals surface area contributed by atoms with Crippen LogP contribution in [0, 0.1) is 0 Å². The SMILES string of the molecule is COc1ccc(COC(=O)ON2C(=O)CCC2=O)cc1. The summed E-state index contributed by atoms with van der Waals surface area (Å²) in [6, 6.07) is 6.88. The molecule has 7 heteroatoms. The van der Waals surface area contributed by atoms with Gasteiger partial charge < -0.3 is 9.47 Å². The zero-order chi connectivity index (χ0) is 14.5. The molecule has 1 aliphatic rings. The second kappa shape index (κ2) is 6.05. The van der Waals surface area contributed by atoms with Gasteiger partial charge in [0.2, 0.25) is 0 Å². The lowest BCUT2D eigenvalue weighted by Crippen LogP contribution is -2.32. The summed E-state index contributed by atoms with van der Waals surface area (Å²) in [4.78, 5) is 38.4. The highest BCUT2D eigenvalue weighted by molar-refractivity contribution is 6.01. The molecule has 0 unspecified atom stereocenters. The van der Waals surface area contributed by atoms with Crippen molar-refractivity contribution in [2.75, 3.05) is 7.11 Å². The standard InChI is InChI=1S/C13H13NO6/c1-18-10-4-2-9(3-5-10)8-19-13(17)20-14-11(15)6-7-12(14)16/h2-5H,6-8H2,1H3. The highest BCUT2D eigenvalue weighted by Crippen LogP contribution is 2.14. The van der Waals surface area contributed by atoms with E-state index in [1.54, 1.807) is 31.4 Å². The van der Waals surface area contributed by atoms with E-state index in [4.69, 9.17) is 9.47 Å². The predicted molar refractivity (Wildman–Crippen MR) is 65.4 cm³/mol. The van der Waals surface area contributed by atoms with Crippen LogP contribution >= 0.6 is 0 Å². The van der Waals surface area contributed by atoms with Gasteiger partial charge in [-0.2, -0.15) is 0 Å². The first-order valence-corrected chi connectivity index (χ1v) is 5.93. The molecule has 0 aromatic heterocycles. The number of methoxy groups -OCH3 is 1. The lowest BCUT2D eigenvalue weighted by Gasteiger charge is -2.12. The second-order valence-electron chi connectivity index (χ2n) is 4.06. The van der Waals surface area contributed by atoms with Gasteiger partial charge in [0.05, 0.1) is 7.11 Å². The van der Waals surface area contributed by atoms with Crippen LogP contribution < -0.4 is 4.74 Å². The summed E-state index contributed by atoms with van der Waals surface area (Å²) in [6.45, 7) is -0.0287. The van der Waals surface area contributed by atoms with Crippen molar-refractivity contribution < 1.29 is 28.7 Å². The van der Waals surface area contributed by atoms with E-state index < -0.39 is 18.0 Å². The topological polar surface area (TPSA) is 82.1 Å². The third-order valence-corrected chi connectivity index (χ3v) is 2.69. The second-order valence-corrected chi connectivity index (χ2v) is 4.06. The fraction of sp³-hybridized carbons (Fsp3) is 0.308. The summed E-state index contributed by atoms with van der Waals surface area (Å²) in [7, 11) is 1.55. The van der Waals surface area contributed by atoms with E-state index in [1.807, 2.05) is 0 Å². The van der Waals surface area contributed by atoms with Crippen molar-refractivity contribution in [3.05, 3.63) is 29.8 Å². The Morgan fingerprint density at radius 2 is 1.75 bits per heavy atom. The minimum absolute atomic E-state index is 0.0287. The molecule has 2 rings (SSSR count). The number of hydrogen-bond donors (Lipinski definition) is 0. The van der Waals surface area contributed by atoms with Crippen molar-refractivity contribution in [2.45, 2.75) is 19.4 Å². The Balaban J connectivity index is 1.82. The van der Waals surface area contributed by atoms with Gasteiger partial charge in [0.1, 0.15) is 12.4 Å². The number of amides is 2. The molecule has 1 aromatic rings. The maximum Gasteiger partial charge on any atom is 0.534 e. The van der Waals surface area contributed by atoms with Crippen LogP contribution in [-0.4, -0.2) is 30.1 Å². The van der Waals surface area contributed by atoms with Gasteiger partial charge in [-0.1, -0.05) is 17.2 Å². The Bertz CT molecular complexity index is 508. The van der Waals surface area contributed by atoms with Crippen molar-refractivity contribution in [3.63, 3.8) is 0 Å². The molecule has 1 aromatic carbocycles. The van der Waals surface area contributed by atoms with Crippen LogP contribution in [0.2, 0.25) is 0 Å². The Kier molecular flexibility index (Phi) is 4.19. The van der Waals surface area contributed by atoms with Gasteiger partial charge in [-0.15, -0.1) is 0 Å². The molecular formula is C13H13NO6. The third kappa shape index (κ3) is 3.25. The van der Waals surface area contributed by atoms with Gasteiger partial charge in [-0.3, -0.25) is 14.4 Å². The smallest absolute Gasteiger partial charge is 0.497 e. The van der Waals surface area contributed by atoms with Crippen molar-refractivity contribution in [1.29, 1.82) is 0 Å². The Labute approximate surface area is 115 Å². The Morgan fingerprint density at radius 3 is 2.30 bits per heavy atom. The molecule has 0 aliphatic carbocycles. The zero-order valence-corrected chi connectivity index (χ0v) is 10.8. The molecule has 1 heterocycles. The highest BCUT2D eigenvalue weighted by Gasteiger charge is 2.33. The summed E-state index contributed by atoms with van der Waals surface area (Å²) in [5.74, 6) is -0.405. The number of hydroxylamine groups is 2. The van der Waals surface area contributed by atoms with E-state index in [1.165, 1.54) is 0 Å². The summed E-state index contributed by atoms with van der Waals surface area (Å²) in [5, 5.41) is 0.441. The molecule has 1 fully saturated rings. The van der Waals surface area contributed by atoms with Crippen LogP contribution in [0.5, 0.6) is 5.75 Å². The lowest BCUT2D eigenvalue weighted by molar-refractivity contribution is -0.177. The minimum atomic E-state index is -1.09. The van der Waals surface area contributed by atoms with E-state index in [-0.39, 0.29) is 19.4 Å². The Morgan fingerprint density at radius 1 is 1.15 bits per heavy atom. The summed E-state index contributed by atoms with van der Waals surface area (Å²) in [5.41, 5.74) is 0.724. The van der Waals surface area contributed by atoms with Crippen molar-refractivity contribution in [1.82, 2.24) is 5.06 Å². The molecule has 0 N–H and O–H groups in total. The van der Waals surface area contributed by atoms with Gasteiger partial charge in [-0.25, -0.2) is 4.79 Å². The number of hydrogen-bond acceptors (Lipinski definition) is 6. The fourth-order valence-corrected chi connectivity index (χ4v) is 1.62. The van der Waals surface area contributed by atoms with Crippen LogP contribution in [0.1, 0.15) is 18.4 Å². The number of rotatable bonds is 4. The van der Waals surface area contributed by atoms with Crippen LogP contribution in [0.3, 0.4) is 0 Å². The number of carbonyl (C=O) groups excluding carboxylic acids is 3. The molecule has 0 radical (unpaired) electrons. The Hall–Kier alpha value is -2.57. The van der Waals surface area contributed by atoms with Gasteiger partial charge >= 0.3 is 6.16 Å². The quantitative estimate of drug-likeness (QED) is 0.612. The molecule has 0 saturated carbocycles. The minimum Gasteiger partial charge on any atom is -0.497 e. The van der Waals surface area contributed by atoms with Crippen LogP contribution in [0.25, 0.3) is 0 Å². The van der Waals surface area contributed by atoms with E-state index in [0.29, 0.717) is 10.8 Å². The zero-order valence-electron chi connectivity index (χ0n) is 10.8. The molecule has 1 aliphatic heterocycles. The van der Waals surface area contributed by atoms with E-state index >= 15 is 0 Å². The molecule has 0 atom stereocenters. The van der Waals surface area contributed by atoms with E-state index in [0.717, 1.165) is 5.56 Å². The van der Waals surface area contributed by atoms with Crippen LogP contribution in [0.15, 0.2) is 24.3 Å². The normalized spacial score (nSPS) is 14.3. The van der Waals surface area contributed by atoms with Gasteiger partial charge in [0, 0.05) is 12.8 Å². The summed E-state index contributed by atoms with van der Waals surface area (Å²) in [6.07, 6.45) is -1.00. The average molecular weight is 279 g/mol. The summed E-state index contributed by atoms with van der Waals surface area (Å²) >= 11 is 0. The molecule has 20 heavy (non-hydrogen) atoms. The summed E-state index contributed by atoms with van der Waals surface area (Å²) < 4.78 is 9.81. The molecule has 0 bridgehead atoms. The fourth-order valence-electron chi connectivity index (χ4n) is 1.62. The molecule has 7 nitrogen and oxygen atoms in total. The predicted octanol–water partition coefficient (Wildman–Crippen LogP) is 1.41. The molecule has 1 saturated heterocycles. The monoisotopic (exact) mass is 279 g/mol. The largest absolute Gasteiger partial charge is 0.534 e. The van der Waals surface area contributed by atoms with Gasteiger partial charge in [-0.05, 0) is 17.7 Å². The van der Waals surface area contributed by atoms with Gasteiger partial charge in [0.15, 0.2) is 0 Å². The highest BCUT2D eigenvalue weighted by atomic mass is 16.8. The van der Waals surface area contributed by atoms with Crippen molar-refractivity contribution in [3.8, 4) is 5.75 Å². The van der Waals surface area contributed by atoms with Gasteiger partial charge in [0.25, 0.3) is 11.8 Å². The first-order valence-electron chi connectivity index (χ1n) is 5.93. The maximum absolute atomic E-state index is 11.4. The molecule has 0 spiro atoms. The maximum atomic E-state index is 11.4. The van der Waals surface area contributed by atoms with Crippen LogP contribution in [0.4, 0.5) is 4.79 Å². The van der Waals surface area contributed by atoms with Crippen molar-refractivity contribution >= 4 is 18.0 Å². The average Bonchev–Trinajstić information content (AvgIpc) is 2.77. The van der Waals surface area contributed by atoms with Crippen molar-refractivity contribution in [2.24, 2.45) is 0 Å². The molecular weight excluding hydrogens is 266 g/mol.